The van der Waals surface area contributed by atoms with Crippen LogP contribution >= 0.6 is 0 Å². The number of carbonyl (C=O) groups is 1. The summed E-state index contributed by atoms with van der Waals surface area (Å²) in [6.07, 6.45) is -0.273. The van der Waals surface area contributed by atoms with Gasteiger partial charge >= 0.3 is 0 Å². The second-order valence-electron chi connectivity index (χ2n) is 5.01. The van der Waals surface area contributed by atoms with Gasteiger partial charge in [0.2, 0.25) is 0 Å². The lowest BCUT2D eigenvalue weighted by Gasteiger charge is -2.31. The van der Waals surface area contributed by atoms with E-state index in [9.17, 15) is 15.0 Å². The second-order valence-corrected chi connectivity index (χ2v) is 5.01. The van der Waals surface area contributed by atoms with Gasteiger partial charge in [-0.3, -0.25) is 4.79 Å². The molecule has 0 spiro atoms. The minimum atomic E-state index is -0.998. The van der Waals surface area contributed by atoms with Crippen molar-refractivity contribution in [2.24, 2.45) is 0 Å². The van der Waals surface area contributed by atoms with E-state index < -0.39 is 11.6 Å². The molecule has 0 saturated heterocycles. The Kier molecular flexibility index (Phi) is 5.98. The molecule has 0 heterocycles. The summed E-state index contributed by atoms with van der Waals surface area (Å²) in [5.74, 6) is 0.240. The topological polar surface area (TPSA) is 78.8 Å². The van der Waals surface area contributed by atoms with Crippen molar-refractivity contribution in [1.29, 1.82) is 0 Å². The van der Waals surface area contributed by atoms with Crippen LogP contribution in [-0.4, -0.2) is 41.0 Å². The monoisotopic (exact) mass is 281 g/mol. The van der Waals surface area contributed by atoms with E-state index in [0.29, 0.717) is 12.2 Å². The Morgan fingerprint density at radius 3 is 2.30 bits per heavy atom. The Bertz CT molecular complexity index is 418. The number of hydrogen-bond donors (Lipinski definition) is 3. The summed E-state index contributed by atoms with van der Waals surface area (Å²) in [7, 11) is 0. The molecule has 0 aliphatic heterocycles. The van der Waals surface area contributed by atoms with Crippen molar-refractivity contribution in [3.8, 4) is 5.75 Å². The zero-order chi connectivity index (χ0) is 15.2. The molecule has 1 rings (SSSR count). The third-order valence-corrected chi connectivity index (χ3v) is 3.37. The van der Waals surface area contributed by atoms with E-state index in [1.54, 1.807) is 26.0 Å². The summed E-state index contributed by atoms with van der Waals surface area (Å²) in [6, 6.07) is 7.39. The average Bonchev–Trinajstić information content (AvgIpc) is 2.47. The van der Waals surface area contributed by atoms with Gasteiger partial charge in [0.05, 0.1) is 18.8 Å². The Hall–Kier alpha value is -1.59. The number of aliphatic hydroxyl groups is 2. The maximum absolute atomic E-state index is 12.0. The van der Waals surface area contributed by atoms with Crippen LogP contribution in [0.5, 0.6) is 5.75 Å². The maximum Gasteiger partial charge on any atom is 0.261 e. The number of amides is 1. The summed E-state index contributed by atoms with van der Waals surface area (Å²) in [5.41, 5.74) is 0.113. The van der Waals surface area contributed by atoms with Crippen LogP contribution in [0.1, 0.15) is 25.8 Å². The Morgan fingerprint density at radius 2 is 1.85 bits per heavy atom. The van der Waals surface area contributed by atoms with Crippen molar-refractivity contribution in [2.75, 3.05) is 13.2 Å². The number of rotatable bonds is 7. The molecule has 1 aromatic rings. The second kappa shape index (κ2) is 7.26. The van der Waals surface area contributed by atoms with Gasteiger partial charge in [-0.1, -0.05) is 24.6 Å². The molecule has 1 atom stereocenters. The number of aryl methyl sites for hydroxylation is 1. The quantitative estimate of drug-likeness (QED) is 0.697. The van der Waals surface area contributed by atoms with Crippen molar-refractivity contribution in [1.82, 2.24) is 5.32 Å². The molecule has 0 bridgehead atoms. The zero-order valence-corrected chi connectivity index (χ0v) is 12.2. The normalized spacial score (nSPS) is 12.8. The fourth-order valence-corrected chi connectivity index (χ4v) is 1.68. The summed E-state index contributed by atoms with van der Waals surface area (Å²) < 4.78 is 5.54. The number of benzene rings is 1. The van der Waals surface area contributed by atoms with E-state index in [0.717, 1.165) is 5.56 Å². The molecule has 5 heteroatoms. The molecule has 0 aliphatic rings. The zero-order valence-electron chi connectivity index (χ0n) is 12.2. The van der Waals surface area contributed by atoms with Crippen molar-refractivity contribution in [2.45, 2.75) is 38.8 Å². The first-order valence-corrected chi connectivity index (χ1v) is 6.73. The summed E-state index contributed by atoms with van der Waals surface area (Å²) in [6.45, 7) is 4.76. The lowest BCUT2D eigenvalue weighted by atomic mass is 9.98. The van der Waals surface area contributed by atoms with Gasteiger partial charge in [0, 0.05) is 0 Å². The van der Waals surface area contributed by atoms with E-state index in [2.05, 4.69) is 5.32 Å². The molecule has 1 aromatic carbocycles. The molecular weight excluding hydrogens is 258 g/mol. The first kappa shape index (κ1) is 16.5. The van der Waals surface area contributed by atoms with Gasteiger partial charge in [0.1, 0.15) is 5.75 Å². The van der Waals surface area contributed by atoms with Crippen LogP contribution in [0.4, 0.5) is 0 Å². The largest absolute Gasteiger partial charge is 0.481 e. The highest BCUT2D eigenvalue weighted by molar-refractivity contribution is 5.81. The number of hydrogen-bond acceptors (Lipinski definition) is 4. The van der Waals surface area contributed by atoms with E-state index in [4.69, 9.17) is 4.74 Å². The van der Waals surface area contributed by atoms with Crippen LogP contribution in [0.2, 0.25) is 0 Å². The molecule has 3 N–H and O–H groups in total. The molecule has 1 amide bonds. The number of ether oxygens (including phenoxy) is 1. The van der Waals surface area contributed by atoms with E-state index in [1.807, 2.05) is 19.1 Å². The first-order chi connectivity index (χ1) is 9.46. The van der Waals surface area contributed by atoms with Gasteiger partial charge in [-0.05, 0) is 32.4 Å². The minimum Gasteiger partial charge on any atom is -0.481 e. The van der Waals surface area contributed by atoms with Crippen LogP contribution < -0.4 is 10.1 Å². The molecule has 0 fully saturated rings. The van der Waals surface area contributed by atoms with E-state index in [-0.39, 0.29) is 19.1 Å². The van der Waals surface area contributed by atoms with Crippen molar-refractivity contribution in [3.05, 3.63) is 29.8 Å². The van der Waals surface area contributed by atoms with Gasteiger partial charge in [0.15, 0.2) is 6.10 Å². The molecule has 0 aromatic heterocycles. The number of nitrogens with one attached hydrogen (secondary N) is 1. The third-order valence-electron chi connectivity index (χ3n) is 3.37. The van der Waals surface area contributed by atoms with Gasteiger partial charge in [-0.15, -0.1) is 0 Å². The summed E-state index contributed by atoms with van der Waals surface area (Å²) in [4.78, 5) is 12.0. The number of aliphatic hydroxyl groups excluding tert-OH is 2. The van der Waals surface area contributed by atoms with Crippen molar-refractivity contribution < 1.29 is 19.7 Å². The van der Waals surface area contributed by atoms with E-state index >= 15 is 0 Å². The molecule has 112 valence electrons. The summed E-state index contributed by atoms with van der Waals surface area (Å²) in [5, 5.41) is 21.3. The predicted molar refractivity (Wildman–Crippen MR) is 76.6 cm³/mol. The minimum absolute atomic E-state index is 0.316. The van der Waals surface area contributed by atoms with Crippen LogP contribution in [0.25, 0.3) is 0 Å². The fraction of sp³-hybridized carbons (Fsp3) is 0.533. The maximum atomic E-state index is 12.0. The lowest BCUT2D eigenvalue weighted by Crippen LogP contribution is -2.56. The molecule has 20 heavy (non-hydrogen) atoms. The highest BCUT2D eigenvalue weighted by atomic mass is 16.5. The predicted octanol–water partition coefficient (Wildman–Crippen LogP) is 1.01. The van der Waals surface area contributed by atoms with Crippen LogP contribution in [0, 0.1) is 6.92 Å². The Balaban J connectivity index is 2.65. The fourth-order valence-electron chi connectivity index (χ4n) is 1.68. The van der Waals surface area contributed by atoms with Crippen molar-refractivity contribution >= 4 is 5.91 Å². The molecule has 0 aliphatic carbocycles. The van der Waals surface area contributed by atoms with Crippen LogP contribution in [-0.2, 0) is 4.79 Å². The van der Waals surface area contributed by atoms with Gasteiger partial charge in [0.25, 0.3) is 5.91 Å². The highest BCUT2D eigenvalue weighted by Crippen LogP contribution is 2.14. The Morgan fingerprint density at radius 1 is 1.30 bits per heavy atom. The molecule has 0 radical (unpaired) electrons. The van der Waals surface area contributed by atoms with E-state index in [1.165, 1.54) is 0 Å². The Labute approximate surface area is 119 Å². The SMILES string of the molecule is CCC(CO)(CO)NC(=O)C(C)Oc1ccc(C)cc1. The smallest absolute Gasteiger partial charge is 0.261 e. The van der Waals surface area contributed by atoms with Gasteiger partial charge in [-0.2, -0.15) is 0 Å². The third kappa shape index (κ3) is 4.21. The molecule has 5 nitrogen and oxygen atoms in total. The van der Waals surface area contributed by atoms with Gasteiger partial charge < -0.3 is 20.3 Å². The molecule has 0 saturated carbocycles. The highest BCUT2D eigenvalue weighted by Gasteiger charge is 2.30. The molecular formula is C15H23NO4. The first-order valence-electron chi connectivity index (χ1n) is 6.73. The standard InChI is InChI=1S/C15H23NO4/c1-4-15(9-17,10-18)16-14(19)12(3)20-13-7-5-11(2)6-8-13/h5-8,12,17-18H,4,9-10H2,1-3H3,(H,16,19). The lowest BCUT2D eigenvalue weighted by molar-refractivity contribution is -0.130. The molecule has 1 unspecified atom stereocenters. The van der Waals surface area contributed by atoms with Gasteiger partial charge in [-0.25, -0.2) is 0 Å². The average molecular weight is 281 g/mol. The van der Waals surface area contributed by atoms with Crippen molar-refractivity contribution in [3.63, 3.8) is 0 Å². The number of carbonyl (C=O) groups excluding carboxylic acids is 1. The van der Waals surface area contributed by atoms with Crippen LogP contribution in [0.3, 0.4) is 0 Å². The van der Waals surface area contributed by atoms with Crippen LogP contribution in [0.15, 0.2) is 24.3 Å². The summed E-state index contributed by atoms with van der Waals surface area (Å²) >= 11 is 0.